The number of halogens is 1. The molecule has 2 amide bonds. The monoisotopic (exact) mass is 431 g/mol. The van der Waals surface area contributed by atoms with E-state index in [1.54, 1.807) is 61.2 Å². The number of benzene rings is 2. The van der Waals surface area contributed by atoms with Crippen molar-refractivity contribution in [2.45, 2.75) is 0 Å². The van der Waals surface area contributed by atoms with Gasteiger partial charge in [-0.1, -0.05) is 12.1 Å². The predicted molar refractivity (Wildman–Crippen MR) is 105 cm³/mol. The van der Waals surface area contributed by atoms with Gasteiger partial charge in [0.05, 0.1) is 22.8 Å². The fraction of sp³-hybridized carbons (Fsp3) is 0.0556. The number of para-hydroxylation sites is 1. The molecule has 0 aliphatic carbocycles. The van der Waals surface area contributed by atoms with Gasteiger partial charge in [-0.25, -0.2) is 4.98 Å². The number of nitrogens with one attached hydrogen (secondary N) is 2. The van der Waals surface area contributed by atoms with Crippen LogP contribution in [0.2, 0.25) is 0 Å². The molecule has 0 radical (unpaired) electrons. The lowest BCUT2D eigenvalue weighted by Crippen LogP contribution is -2.18. The van der Waals surface area contributed by atoms with Gasteiger partial charge in [-0.15, -0.1) is 11.3 Å². The van der Waals surface area contributed by atoms with Crippen molar-refractivity contribution in [2.75, 3.05) is 17.7 Å². The van der Waals surface area contributed by atoms with Crippen LogP contribution in [0.1, 0.15) is 20.7 Å². The Balaban J connectivity index is 1.80. The van der Waals surface area contributed by atoms with Gasteiger partial charge in [0.2, 0.25) is 0 Å². The van der Waals surface area contributed by atoms with E-state index in [0.717, 1.165) is 0 Å². The fourth-order valence-corrected chi connectivity index (χ4v) is 3.31. The third kappa shape index (κ3) is 4.09. The summed E-state index contributed by atoms with van der Waals surface area (Å²) in [5.41, 5.74) is 1.20. The first-order valence-electron chi connectivity index (χ1n) is 7.53. The van der Waals surface area contributed by atoms with E-state index in [0.29, 0.717) is 32.2 Å². The number of rotatable bonds is 5. The number of nitrogens with zero attached hydrogens (tertiary/aromatic N) is 1. The van der Waals surface area contributed by atoms with E-state index in [1.165, 1.54) is 11.3 Å². The van der Waals surface area contributed by atoms with Crippen LogP contribution < -0.4 is 15.4 Å². The van der Waals surface area contributed by atoms with Crippen LogP contribution in [0.15, 0.2) is 58.5 Å². The predicted octanol–water partition coefficient (Wildman–Crippen LogP) is 4.42. The molecule has 0 aliphatic rings. The Morgan fingerprint density at radius 2 is 1.92 bits per heavy atom. The molecule has 0 saturated carbocycles. The van der Waals surface area contributed by atoms with Gasteiger partial charge in [-0.2, -0.15) is 0 Å². The minimum Gasteiger partial charge on any atom is -0.496 e. The van der Waals surface area contributed by atoms with Gasteiger partial charge >= 0.3 is 0 Å². The highest BCUT2D eigenvalue weighted by atomic mass is 79.9. The van der Waals surface area contributed by atoms with Crippen molar-refractivity contribution < 1.29 is 14.3 Å². The average molecular weight is 432 g/mol. The highest BCUT2D eigenvalue weighted by Crippen LogP contribution is 2.26. The summed E-state index contributed by atoms with van der Waals surface area (Å²) in [6, 6.07) is 11.8. The number of methoxy groups -OCH3 is 1. The Morgan fingerprint density at radius 1 is 1.12 bits per heavy atom. The van der Waals surface area contributed by atoms with Crippen LogP contribution in [-0.2, 0) is 0 Å². The number of carbonyl (C=O) groups excluding carboxylic acids is 2. The molecule has 8 heteroatoms. The lowest BCUT2D eigenvalue weighted by molar-refractivity contribution is 0.102. The highest BCUT2D eigenvalue weighted by Gasteiger charge is 2.15. The molecule has 6 nitrogen and oxygen atoms in total. The van der Waals surface area contributed by atoms with Gasteiger partial charge in [-0.05, 0) is 46.3 Å². The van der Waals surface area contributed by atoms with Gasteiger partial charge in [0.25, 0.3) is 11.8 Å². The van der Waals surface area contributed by atoms with Gasteiger partial charge in [0, 0.05) is 17.1 Å². The number of anilines is 2. The fourth-order valence-electron chi connectivity index (χ4n) is 2.24. The highest BCUT2D eigenvalue weighted by molar-refractivity contribution is 9.10. The van der Waals surface area contributed by atoms with E-state index < -0.39 is 0 Å². The Kier molecular flexibility index (Phi) is 5.65. The molecule has 0 aliphatic heterocycles. The second-order valence-electron chi connectivity index (χ2n) is 5.14. The van der Waals surface area contributed by atoms with Crippen molar-refractivity contribution in [2.24, 2.45) is 0 Å². The summed E-state index contributed by atoms with van der Waals surface area (Å²) in [5.74, 6) is -0.0422. The van der Waals surface area contributed by atoms with E-state index in [4.69, 9.17) is 4.74 Å². The van der Waals surface area contributed by atoms with E-state index in [-0.39, 0.29) is 11.8 Å². The van der Waals surface area contributed by atoms with Crippen molar-refractivity contribution in [1.29, 1.82) is 0 Å². The molecule has 0 saturated heterocycles. The van der Waals surface area contributed by atoms with Crippen molar-refractivity contribution in [3.05, 3.63) is 69.6 Å². The first kappa shape index (κ1) is 18.1. The Hall–Kier alpha value is -2.71. The van der Waals surface area contributed by atoms with Crippen LogP contribution in [0.4, 0.5) is 10.8 Å². The Morgan fingerprint density at radius 3 is 2.62 bits per heavy atom. The first-order valence-corrected chi connectivity index (χ1v) is 9.20. The topological polar surface area (TPSA) is 80.3 Å². The molecule has 132 valence electrons. The first-order chi connectivity index (χ1) is 12.6. The summed E-state index contributed by atoms with van der Waals surface area (Å²) in [6.45, 7) is 0. The van der Waals surface area contributed by atoms with Crippen molar-refractivity contribution in [3.8, 4) is 5.75 Å². The zero-order valence-corrected chi connectivity index (χ0v) is 16.1. The van der Waals surface area contributed by atoms with Gasteiger partial charge < -0.3 is 10.1 Å². The molecule has 0 atom stereocenters. The summed E-state index contributed by atoms with van der Waals surface area (Å²) in [5, 5.41) is 7.75. The zero-order chi connectivity index (χ0) is 18.5. The lowest BCUT2D eigenvalue weighted by Gasteiger charge is -2.11. The summed E-state index contributed by atoms with van der Waals surface area (Å²) < 4.78 is 5.83. The Bertz CT molecular complexity index is 945. The third-order valence-corrected chi connectivity index (χ3v) is 4.79. The van der Waals surface area contributed by atoms with E-state index in [9.17, 15) is 9.59 Å². The molecule has 2 aromatic carbocycles. The maximum atomic E-state index is 12.5. The number of ether oxygens (including phenoxy) is 1. The van der Waals surface area contributed by atoms with Gasteiger partial charge in [0.1, 0.15) is 5.75 Å². The second-order valence-corrected chi connectivity index (χ2v) is 6.89. The smallest absolute Gasteiger partial charge is 0.259 e. The van der Waals surface area contributed by atoms with E-state index >= 15 is 0 Å². The van der Waals surface area contributed by atoms with Crippen molar-refractivity contribution in [3.63, 3.8) is 0 Å². The standard InChI is InChI=1S/C18H14BrN3O3S/c1-25-15-7-6-11(10-13(15)19)16(23)21-14-5-3-2-4-12(14)17(24)22-18-20-8-9-26-18/h2-10H,1H3,(H,21,23)(H,20,22,24). The lowest BCUT2D eigenvalue weighted by atomic mass is 10.1. The van der Waals surface area contributed by atoms with Gasteiger partial charge in [0.15, 0.2) is 5.13 Å². The molecule has 0 unspecified atom stereocenters. The number of carbonyl (C=O) groups is 2. The molecule has 26 heavy (non-hydrogen) atoms. The molecule has 1 aromatic heterocycles. The summed E-state index contributed by atoms with van der Waals surface area (Å²) in [4.78, 5) is 29.0. The average Bonchev–Trinajstić information content (AvgIpc) is 3.15. The summed E-state index contributed by atoms with van der Waals surface area (Å²) in [6.07, 6.45) is 1.61. The maximum Gasteiger partial charge on any atom is 0.259 e. The minimum atomic E-state index is -0.341. The number of aromatic nitrogens is 1. The molecule has 2 N–H and O–H groups in total. The van der Waals surface area contributed by atoms with Crippen LogP contribution in [0.5, 0.6) is 5.75 Å². The summed E-state index contributed by atoms with van der Waals surface area (Å²) in [7, 11) is 1.55. The van der Waals surface area contributed by atoms with Crippen LogP contribution in [-0.4, -0.2) is 23.9 Å². The maximum absolute atomic E-state index is 12.5. The van der Waals surface area contributed by atoms with Crippen LogP contribution in [0, 0.1) is 0 Å². The van der Waals surface area contributed by atoms with E-state index in [1.807, 2.05) is 0 Å². The summed E-state index contributed by atoms with van der Waals surface area (Å²) >= 11 is 4.68. The number of hydrogen-bond acceptors (Lipinski definition) is 5. The number of amides is 2. The molecule has 0 spiro atoms. The van der Waals surface area contributed by atoms with Gasteiger partial charge in [-0.3, -0.25) is 14.9 Å². The normalized spacial score (nSPS) is 10.2. The third-order valence-electron chi connectivity index (χ3n) is 3.49. The van der Waals surface area contributed by atoms with Crippen LogP contribution in [0.3, 0.4) is 0 Å². The molecule has 0 fully saturated rings. The molecule has 3 rings (SSSR count). The SMILES string of the molecule is COc1ccc(C(=O)Nc2ccccc2C(=O)Nc2nccs2)cc1Br. The minimum absolute atomic E-state index is 0.331. The molecular weight excluding hydrogens is 418 g/mol. The Labute approximate surface area is 162 Å². The second kappa shape index (κ2) is 8.11. The zero-order valence-electron chi connectivity index (χ0n) is 13.7. The van der Waals surface area contributed by atoms with E-state index in [2.05, 4.69) is 31.5 Å². The number of thiazole rings is 1. The van der Waals surface area contributed by atoms with Crippen LogP contribution >= 0.6 is 27.3 Å². The molecule has 0 bridgehead atoms. The van der Waals surface area contributed by atoms with Crippen molar-refractivity contribution >= 4 is 49.9 Å². The molecule has 1 heterocycles. The number of hydrogen-bond donors (Lipinski definition) is 2. The quantitative estimate of drug-likeness (QED) is 0.626. The molecular formula is C18H14BrN3O3S. The van der Waals surface area contributed by atoms with Crippen LogP contribution in [0.25, 0.3) is 0 Å². The molecule has 3 aromatic rings. The largest absolute Gasteiger partial charge is 0.496 e. The van der Waals surface area contributed by atoms with Crippen molar-refractivity contribution in [1.82, 2.24) is 4.98 Å².